The maximum atomic E-state index is 15.5. The van der Waals surface area contributed by atoms with Crippen molar-refractivity contribution in [1.29, 1.82) is 0 Å². The molecule has 0 amide bonds. The summed E-state index contributed by atoms with van der Waals surface area (Å²) in [6.45, 7) is 4.08. The van der Waals surface area contributed by atoms with Gasteiger partial charge in [0.1, 0.15) is 17.4 Å². The first-order chi connectivity index (χ1) is 22.4. The van der Waals surface area contributed by atoms with E-state index in [1.807, 2.05) is 31.2 Å². The zero-order chi connectivity index (χ0) is 33.3. The van der Waals surface area contributed by atoms with Crippen LogP contribution in [0.1, 0.15) is 61.9 Å². The molecule has 246 valence electrons. The van der Waals surface area contributed by atoms with E-state index >= 15 is 8.78 Å². The number of sulfone groups is 1. The summed E-state index contributed by atoms with van der Waals surface area (Å²) in [6.07, 6.45) is 5.53. The van der Waals surface area contributed by atoms with Gasteiger partial charge in [0.05, 0.1) is 17.1 Å². The van der Waals surface area contributed by atoms with Gasteiger partial charge in [-0.05, 0) is 80.3 Å². The number of aliphatic carboxylic acids is 1. The number of aryl methyl sites for hydroxylation is 2. The molecule has 47 heavy (non-hydrogen) atoms. The van der Waals surface area contributed by atoms with E-state index in [1.54, 1.807) is 18.5 Å². The number of fused-ring (bicyclic) bond motifs is 8. The molecule has 1 aliphatic rings. The SMILES string of the molecule is CC1CCC(C)(c2cccc(CCC(=O)O)c2)c2cnc([nH]2)-c2cc(ccc2F)Oc2c(F)cc3[nH]ccc3c2CCS(=O)(=O)CC1. The van der Waals surface area contributed by atoms with Gasteiger partial charge in [0.15, 0.2) is 21.4 Å². The Morgan fingerprint density at radius 3 is 2.72 bits per heavy atom. The minimum atomic E-state index is -3.50. The molecule has 11 heteroatoms. The average molecular weight is 662 g/mol. The van der Waals surface area contributed by atoms with E-state index in [2.05, 4.69) is 21.9 Å². The molecule has 3 N–H and O–H groups in total. The molecule has 4 bridgehead atoms. The Morgan fingerprint density at radius 2 is 1.91 bits per heavy atom. The normalized spacial score (nSPS) is 20.1. The second-order valence-electron chi connectivity index (χ2n) is 12.8. The number of aromatic nitrogens is 3. The zero-order valence-corrected chi connectivity index (χ0v) is 27.1. The molecule has 0 saturated carbocycles. The summed E-state index contributed by atoms with van der Waals surface area (Å²) in [5, 5.41) is 9.88. The van der Waals surface area contributed by atoms with Gasteiger partial charge in [-0.2, -0.15) is 0 Å². The summed E-state index contributed by atoms with van der Waals surface area (Å²) in [7, 11) is -3.50. The van der Waals surface area contributed by atoms with E-state index in [4.69, 9.17) is 4.74 Å². The Labute approximate surface area is 272 Å². The molecule has 0 saturated heterocycles. The van der Waals surface area contributed by atoms with Gasteiger partial charge in [0, 0.05) is 52.5 Å². The molecule has 2 aromatic heterocycles. The molecule has 2 atom stereocenters. The Morgan fingerprint density at radius 1 is 1.09 bits per heavy atom. The third-order valence-corrected chi connectivity index (χ3v) is 11.0. The molecule has 3 aromatic carbocycles. The Kier molecular flexibility index (Phi) is 8.93. The lowest BCUT2D eigenvalue weighted by Gasteiger charge is -2.31. The number of carbonyl (C=O) groups is 1. The fourth-order valence-corrected chi connectivity index (χ4v) is 7.84. The molecule has 8 nitrogen and oxygen atoms in total. The Hall–Kier alpha value is -4.51. The number of ether oxygens (including phenoxy) is 1. The second kappa shape index (κ2) is 12.9. The monoisotopic (exact) mass is 661 g/mol. The lowest BCUT2D eigenvalue weighted by molar-refractivity contribution is -0.136. The van der Waals surface area contributed by atoms with E-state index in [9.17, 15) is 18.3 Å². The Balaban J connectivity index is 1.45. The number of nitrogens with zero attached hydrogens (tertiary/aromatic N) is 1. The number of hydrogen-bond acceptors (Lipinski definition) is 5. The molecule has 5 aromatic rings. The number of nitrogens with one attached hydrogen (secondary N) is 2. The number of benzene rings is 3. The van der Waals surface area contributed by atoms with Crippen molar-refractivity contribution in [3.05, 3.63) is 101 Å². The van der Waals surface area contributed by atoms with E-state index in [1.165, 1.54) is 24.3 Å². The number of H-pyrrole nitrogens is 2. The number of hydrogen-bond donors (Lipinski definition) is 3. The summed E-state index contributed by atoms with van der Waals surface area (Å²) in [6, 6.07) is 14.9. The van der Waals surface area contributed by atoms with Crippen LogP contribution in [0.15, 0.2) is 67.0 Å². The Bertz CT molecular complexity index is 2050. The van der Waals surface area contributed by atoms with E-state index in [0.717, 1.165) is 16.8 Å². The van der Waals surface area contributed by atoms with Crippen LogP contribution in [0.25, 0.3) is 22.3 Å². The fourth-order valence-electron chi connectivity index (χ4n) is 6.36. The van der Waals surface area contributed by atoms with Crippen molar-refractivity contribution in [2.75, 3.05) is 11.5 Å². The third kappa shape index (κ3) is 6.95. The molecular weight excluding hydrogens is 624 g/mol. The molecule has 3 heterocycles. The lowest BCUT2D eigenvalue weighted by atomic mass is 9.74. The number of halogens is 2. The molecule has 0 fully saturated rings. The molecule has 6 rings (SSSR count). The maximum Gasteiger partial charge on any atom is 0.303 e. The summed E-state index contributed by atoms with van der Waals surface area (Å²) in [5.74, 6) is -1.88. The highest BCUT2D eigenvalue weighted by atomic mass is 32.2. The first-order valence-electron chi connectivity index (χ1n) is 15.8. The van der Waals surface area contributed by atoms with Crippen LogP contribution in [0, 0.1) is 17.6 Å². The highest BCUT2D eigenvalue weighted by Crippen LogP contribution is 2.40. The van der Waals surface area contributed by atoms with Crippen molar-refractivity contribution in [1.82, 2.24) is 15.0 Å². The minimum absolute atomic E-state index is 0.00199. The predicted octanol–water partition coefficient (Wildman–Crippen LogP) is 7.73. The van der Waals surface area contributed by atoms with Crippen LogP contribution in [-0.2, 0) is 32.9 Å². The van der Waals surface area contributed by atoms with Gasteiger partial charge >= 0.3 is 5.97 Å². The molecule has 0 spiro atoms. The van der Waals surface area contributed by atoms with Gasteiger partial charge in [-0.3, -0.25) is 4.79 Å². The first kappa shape index (κ1) is 32.4. The number of carboxylic acid groups (broad SMARTS) is 1. The van der Waals surface area contributed by atoms with E-state index in [-0.39, 0.29) is 53.2 Å². The first-order valence-corrected chi connectivity index (χ1v) is 17.6. The number of rotatable bonds is 4. The quantitative estimate of drug-likeness (QED) is 0.181. The van der Waals surface area contributed by atoms with Crippen LogP contribution in [0.2, 0.25) is 0 Å². The van der Waals surface area contributed by atoms with E-state index in [0.29, 0.717) is 42.1 Å². The number of imidazole rings is 1. The third-order valence-electron chi connectivity index (χ3n) is 9.36. The van der Waals surface area contributed by atoms with Crippen molar-refractivity contribution in [2.24, 2.45) is 5.92 Å². The molecule has 0 radical (unpaired) electrons. The van der Waals surface area contributed by atoms with Gasteiger partial charge in [-0.15, -0.1) is 0 Å². The summed E-state index contributed by atoms with van der Waals surface area (Å²) < 4.78 is 63.5. The fraction of sp³-hybridized carbons (Fsp3) is 0.333. The van der Waals surface area contributed by atoms with Gasteiger partial charge in [0.2, 0.25) is 0 Å². The topological polar surface area (TPSA) is 125 Å². The highest BCUT2D eigenvalue weighted by molar-refractivity contribution is 7.91. The summed E-state index contributed by atoms with van der Waals surface area (Å²) in [4.78, 5) is 22.1. The van der Waals surface area contributed by atoms with Crippen LogP contribution in [0.4, 0.5) is 8.78 Å². The van der Waals surface area contributed by atoms with Crippen LogP contribution in [-0.4, -0.2) is 46.0 Å². The standard InChI is InChI=1S/C36H37F2N3O5S/c1-22-10-14-36(2,24-5-3-4-23(18-24)6-9-33(42)43)32-21-40-35(41-32)28-19-25(7-8-29(28)37)46-34-27(13-17-47(44,45)16-12-22)26-11-15-39-31(26)20-30(34)38/h3-5,7-8,11,15,18-22,39H,6,9-10,12-14,16-17H2,1-2H3,(H,40,41)(H,42,43). The van der Waals surface area contributed by atoms with Crippen LogP contribution in [0.5, 0.6) is 11.5 Å². The molecule has 1 aliphatic heterocycles. The largest absolute Gasteiger partial charge is 0.481 e. The van der Waals surface area contributed by atoms with Gasteiger partial charge in [-0.25, -0.2) is 22.2 Å². The van der Waals surface area contributed by atoms with Crippen LogP contribution < -0.4 is 4.74 Å². The lowest BCUT2D eigenvalue weighted by Crippen LogP contribution is -2.26. The predicted molar refractivity (Wildman–Crippen MR) is 177 cm³/mol. The number of aromatic amines is 2. The van der Waals surface area contributed by atoms with Crippen molar-refractivity contribution >= 4 is 26.7 Å². The van der Waals surface area contributed by atoms with Crippen molar-refractivity contribution in [3.63, 3.8) is 0 Å². The highest BCUT2D eigenvalue weighted by Gasteiger charge is 2.32. The second-order valence-corrected chi connectivity index (χ2v) is 15.1. The number of carboxylic acids is 1. The molecule has 0 aliphatic carbocycles. The summed E-state index contributed by atoms with van der Waals surface area (Å²) in [5.41, 5.74) is 2.98. The maximum absolute atomic E-state index is 15.5. The van der Waals surface area contributed by atoms with Crippen molar-refractivity contribution in [2.45, 2.75) is 57.8 Å². The van der Waals surface area contributed by atoms with Crippen molar-refractivity contribution in [3.8, 4) is 22.9 Å². The summed E-state index contributed by atoms with van der Waals surface area (Å²) >= 11 is 0. The van der Waals surface area contributed by atoms with E-state index < -0.39 is 32.9 Å². The van der Waals surface area contributed by atoms with Gasteiger partial charge in [-0.1, -0.05) is 31.2 Å². The zero-order valence-electron chi connectivity index (χ0n) is 26.3. The van der Waals surface area contributed by atoms with Crippen molar-refractivity contribution < 1.29 is 31.8 Å². The smallest absolute Gasteiger partial charge is 0.303 e. The van der Waals surface area contributed by atoms with Crippen LogP contribution in [0.3, 0.4) is 0 Å². The van der Waals surface area contributed by atoms with Gasteiger partial charge in [0.25, 0.3) is 0 Å². The van der Waals surface area contributed by atoms with Crippen LogP contribution >= 0.6 is 0 Å². The minimum Gasteiger partial charge on any atom is -0.481 e. The average Bonchev–Trinajstić information content (AvgIpc) is 3.73. The molecular formula is C36H37F2N3O5S. The molecule has 2 unspecified atom stereocenters. The van der Waals surface area contributed by atoms with Gasteiger partial charge < -0.3 is 19.8 Å².